The predicted octanol–water partition coefficient (Wildman–Crippen LogP) is 1.84. The molecule has 0 bridgehead atoms. The normalized spacial score (nSPS) is 17.9. The zero-order chi connectivity index (χ0) is 28.2. The SMILES string of the molecule is COc1cccc2c1nc(C(F)F)n2-c1nc(N2CCOCC2)c2[nH]c(=O)n(C3CCN(S(C)(=O)=O)CC3)c2n1. The number of methoxy groups -OCH3 is 1. The summed E-state index contributed by atoms with van der Waals surface area (Å²) in [4.78, 5) is 31.7. The number of anilines is 1. The molecule has 2 fully saturated rings. The number of benzene rings is 1. The van der Waals surface area contributed by atoms with Crippen molar-refractivity contribution in [1.82, 2.24) is 33.4 Å². The third kappa shape index (κ3) is 4.49. The Morgan fingerprint density at radius 2 is 1.82 bits per heavy atom. The van der Waals surface area contributed by atoms with Crippen LogP contribution >= 0.6 is 0 Å². The Labute approximate surface area is 227 Å². The number of para-hydroxylation sites is 1. The van der Waals surface area contributed by atoms with E-state index in [0.29, 0.717) is 61.7 Å². The van der Waals surface area contributed by atoms with E-state index in [1.54, 1.807) is 18.2 Å². The fourth-order valence-electron chi connectivity index (χ4n) is 5.46. The highest BCUT2D eigenvalue weighted by molar-refractivity contribution is 7.88. The number of sulfonamides is 1. The number of halogens is 2. The number of fused-ring (bicyclic) bond motifs is 2. The number of alkyl halides is 2. The number of morpholine rings is 1. The van der Waals surface area contributed by atoms with E-state index in [1.165, 1.54) is 20.5 Å². The molecule has 40 heavy (non-hydrogen) atoms. The summed E-state index contributed by atoms with van der Waals surface area (Å²) in [5, 5.41) is 0. The van der Waals surface area contributed by atoms with Crippen molar-refractivity contribution < 1.29 is 26.7 Å². The van der Waals surface area contributed by atoms with Crippen LogP contribution in [-0.4, -0.2) is 94.6 Å². The lowest BCUT2D eigenvalue weighted by molar-refractivity contribution is 0.122. The molecular formula is C24H28F2N8O5S. The first-order valence-corrected chi connectivity index (χ1v) is 14.7. The van der Waals surface area contributed by atoms with Crippen molar-refractivity contribution in [2.75, 3.05) is 57.7 Å². The van der Waals surface area contributed by atoms with Crippen molar-refractivity contribution in [1.29, 1.82) is 0 Å². The highest BCUT2D eigenvalue weighted by atomic mass is 32.2. The molecule has 0 spiro atoms. The summed E-state index contributed by atoms with van der Waals surface area (Å²) in [5.74, 6) is 0.0838. The number of aromatic nitrogens is 6. The molecule has 13 nitrogen and oxygen atoms in total. The maximum absolute atomic E-state index is 14.3. The molecule has 2 saturated heterocycles. The standard InChI is InChI=1S/C24H28F2N8O5S/c1-38-16-5-3-4-15-17(16)27-22(19(25)26)34(15)23-29-20(31-10-12-39-13-11-31)18-21(30-23)33(24(35)28-18)14-6-8-32(9-7-14)40(2,36)37/h3-5,14,19H,6-13H2,1-2H3,(H,28,35). The number of nitrogens with zero attached hydrogens (tertiary/aromatic N) is 7. The summed E-state index contributed by atoms with van der Waals surface area (Å²) in [7, 11) is -1.93. The monoisotopic (exact) mass is 578 g/mol. The first-order valence-electron chi connectivity index (χ1n) is 12.8. The predicted molar refractivity (Wildman–Crippen MR) is 142 cm³/mol. The minimum atomic E-state index is -3.37. The van der Waals surface area contributed by atoms with Gasteiger partial charge in [-0.15, -0.1) is 0 Å². The molecule has 0 aliphatic carbocycles. The van der Waals surface area contributed by atoms with Gasteiger partial charge in [-0.25, -0.2) is 31.3 Å². The highest BCUT2D eigenvalue weighted by Gasteiger charge is 2.31. The lowest BCUT2D eigenvalue weighted by atomic mass is 10.1. The van der Waals surface area contributed by atoms with Crippen LogP contribution in [0.15, 0.2) is 23.0 Å². The summed E-state index contributed by atoms with van der Waals surface area (Å²) >= 11 is 0. The van der Waals surface area contributed by atoms with Gasteiger partial charge in [0.25, 0.3) is 6.43 Å². The van der Waals surface area contributed by atoms with Crippen molar-refractivity contribution >= 4 is 38.0 Å². The van der Waals surface area contributed by atoms with E-state index in [4.69, 9.17) is 14.5 Å². The molecule has 1 aromatic carbocycles. The molecule has 1 N–H and O–H groups in total. The van der Waals surface area contributed by atoms with Crippen molar-refractivity contribution in [2.24, 2.45) is 0 Å². The topological polar surface area (TPSA) is 140 Å². The molecule has 16 heteroatoms. The molecule has 2 aliphatic heterocycles. The Morgan fingerprint density at radius 3 is 2.48 bits per heavy atom. The van der Waals surface area contributed by atoms with Crippen molar-refractivity contribution in [2.45, 2.75) is 25.3 Å². The molecule has 0 unspecified atom stereocenters. The number of hydrogen-bond acceptors (Lipinski definition) is 9. The van der Waals surface area contributed by atoms with Crippen LogP contribution in [0, 0.1) is 0 Å². The largest absolute Gasteiger partial charge is 0.494 e. The summed E-state index contributed by atoms with van der Waals surface area (Å²) in [6, 6.07) is 4.57. The Morgan fingerprint density at radius 1 is 1.10 bits per heavy atom. The molecular weight excluding hydrogens is 550 g/mol. The molecule has 4 aromatic rings. The van der Waals surface area contributed by atoms with Crippen LogP contribution in [0.2, 0.25) is 0 Å². The molecule has 0 atom stereocenters. The summed E-state index contributed by atoms with van der Waals surface area (Å²) in [6.45, 7) is 2.32. The lowest BCUT2D eigenvalue weighted by Crippen LogP contribution is -2.40. The van der Waals surface area contributed by atoms with Crippen LogP contribution in [0.1, 0.15) is 31.1 Å². The molecule has 0 saturated carbocycles. The fourth-order valence-corrected chi connectivity index (χ4v) is 6.34. The molecule has 3 aromatic heterocycles. The van der Waals surface area contributed by atoms with E-state index in [0.717, 1.165) is 6.26 Å². The van der Waals surface area contributed by atoms with Gasteiger partial charge in [-0.1, -0.05) is 6.07 Å². The van der Waals surface area contributed by atoms with E-state index in [-0.39, 0.29) is 36.2 Å². The number of H-pyrrole nitrogens is 1. The fraction of sp³-hybridized carbons (Fsp3) is 0.500. The first kappa shape index (κ1) is 26.6. The van der Waals surface area contributed by atoms with Gasteiger partial charge in [0.2, 0.25) is 16.0 Å². The van der Waals surface area contributed by atoms with Gasteiger partial charge in [0.15, 0.2) is 17.3 Å². The second-order valence-electron chi connectivity index (χ2n) is 9.77. The Balaban J connectivity index is 1.57. The van der Waals surface area contributed by atoms with Gasteiger partial charge >= 0.3 is 5.69 Å². The van der Waals surface area contributed by atoms with Crippen molar-refractivity contribution in [3.8, 4) is 11.7 Å². The average Bonchev–Trinajstić information content (AvgIpc) is 3.50. The first-order chi connectivity index (χ1) is 19.2. The Kier molecular flexibility index (Phi) is 6.70. The minimum Gasteiger partial charge on any atom is -0.494 e. The highest BCUT2D eigenvalue weighted by Crippen LogP contribution is 2.34. The maximum Gasteiger partial charge on any atom is 0.328 e. The second kappa shape index (κ2) is 10.1. The molecule has 0 amide bonds. The van der Waals surface area contributed by atoms with Gasteiger partial charge in [0.1, 0.15) is 16.8 Å². The molecule has 5 heterocycles. The smallest absolute Gasteiger partial charge is 0.328 e. The van der Waals surface area contributed by atoms with Crippen LogP contribution < -0.4 is 15.3 Å². The number of rotatable bonds is 6. The zero-order valence-corrected chi connectivity index (χ0v) is 22.7. The van der Waals surface area contributed by atoms with Gasteiger partial charge in [0.05, 0.1) is 32.1 Å². The molecule has 6 rings (SSSR count). The van der Waals surface area contributed by atoms with Gasteiger partial charge in [-0.05, 0) is 25.0 Å². The number of nitrogens with one attached hydrogen (secondary N) is 1. The number of hydrogen-bond donors (Lipinski definition) is 1. The van der Waals surface area contributed by atoms with E-state index in [9.17, 15) is 22.0 Å². The van der Waals surface area contributed by atoms with Crippen molar-refractivity contribution in [3.05, 3.63) is 34.5 Å². The Hall–Kier alpha value is -3.63. The second-order valence-corrected chi connectivity index (χ2v) is 11.8. The molecule has 2 aliphatic rings. The maximum atomic E-state index is 14.3. The van der Waals surface area contributed by atoms with Crippen LogP contribution in [0.4, 0.5) is 14.6 Å². The molecule has 0 radical (unpaired) electrons. The average molecular weight is 579 g/mol. The molecule has 214 valence electrons. The minimum absolute atomic E-state index is 0.0682. The number of ether oxygens (including phenoxy) is 2. The zero-order valence-electron chi connectivity index (χ0n) is 21.9. The van der Waals surface area contributed by atoms with E-state index in [2.05, 4.69) is 15.0 Å². The lowest BCUT2D eigenvalue weighted by Gasteiger charge is -2.31. The van der Waals surface area contributed by atoms with Gasteiger partial charge < -0.3 is 19.4 Å². The van der Waals surface area contributed by atoms with Crippen LogP contribution in [-0.2, 0) is 14.8 Å². The van der Waals surface area contributed by atoms with Gasteiger partial charge in [0, 0.05) is 32.2 Å². The third-order valence-electron chi connectivity index (χ3n) is 7.40. The van der Waals surface area contributed by atoms with Crippen molar-refractivity contribution in [3.63, 3.8) is 0 Å². The summed E-state index contributed by atoms with van der Waals surface area (Å²) in [5.41, 5.74) is 0.755. The quantitative estimate of drug-likeness (QED) is 0.363. The summed E-state index contributed by atoms with van der Waals surface area (Å²) < 4.78 is 67.6. The van der Waals surface area contributed by atoms with Gasteiger partial charge in [-0.2, -0.15) is 9.97 Å². The number of aromatic amines is 1. The van der Waals surface area contributed by atoms with E-state index in [1.807, 2.05) is 4.90 Å². The van der Waals surface area contributed by atoms with Gasteiger partial charge in [-0.3, -0.25) is 9.13 Å². The number of piperidine rings is 1. The number of imidazole rings is 2. The van der Waals surface area contributed by atoms with Crippen LogP contribution in [0.5, 0.6) is 5.75 Å². The van der Waals surface area contributed by atoms with Crippen LogP contribution in [0.3, 0.4) is 0 Å². The van der Waals surface area contributed by atoms with Crippen LogP contribution in [0.25, 0.3) is 28.1 Å². The summed E-state index contributed by atoms with van der Waals surface area (Å²) in [6.07, 6.45) is -1.01. The Bertz CT molecular complexity index is 1740. The van der Waals surface area contributed by atoms with E-state index >= 15 is 0 Å². The third-order valence-corrected chi connectivity index (χ3v) is 8.70. The van der Waals surface area contributed by atoms with E-state index < -0.39 is 28.0 Å².